The van der Waals surface area contributed by atoms with Gasteiger partial charge in [0.1, 0.15) is 0 Å². The molecule has 0 saturated heterocycles. The van der Waals surface area contributed by atoms with Crippen LogP contribution in [-0.2, 0) is 17.0 Å². The lowest BCUT2D eigenvalue weighted by Crippen LogP contribution is -2.27. The van der Waals surface area contributed by atoms with Gasteiger partial charge in [-0.05, 0) is 24.1 Å². The average molecular weight is 334 g/mol. The van der Waals surface area contributed by atoms with Crippen molar-refractivity contribution < 1.29 is 4.79 Å². The summed E-state index contributed by atoms with van der Waals surface area (Å²) in [5, 5.41) is 3.76. The molecule has 0 heterocycles. The highest BCUT2D eigenvalue weighted by molar-refractivity contribution is 7.98. The molecule has 2 aromatic rings. The zero-order chi connectivity index (χ0) is 15.8. The number of hydrogen-bond acceptors (Lipinski definition) is 2. The number of halogens is 1. The second-order valence-electron chi connectivity index (χ2n) is 5.16. The molecule has 1 N–H and O–H groups in total. The summed E-state index contributed by atoms with van der Waals surface area (Å²) in [6.45, 7) is 2.72. The van der Waals surface area contributed by atoms with Crippen LogP contribution in [0.4, 0.5) is 0 Å². The Morgan fingerprint density at radius 1 is 1.14 bits per heavy atom. The molecule has 2 rings (SSSR count). The third-order valence-corrected chi connectivity index (χ3v) is 4.65. The lowest BCUT2D eigenvalue weighted by atomic mass is 10.1. The Morgan fingerprint density at radius 2 is 1.86 bits per heavy atom. The minimum atomic E-state index is 0.0715. The Bertz CT molecular complexity index is 613. The van der Waals surface area contributed by atoms with Gasteiger partial charge in [0.05, 0.1) is 6.42 Å². The van der Waals surface area contributed by atoms with E-state index in [0.717, 1.165) is 27.7 Å². The normalized spacial score (nSPS) is 10.5. The molecule has 116 valence electrons. The van der Waals surface area contributed by atoms with Crippen LogP contribution in [-0.4, -0.2) is 18.2 Å². The molecule has 22 heavy (non-hydrogen) atoms. The minimum absolute atomic E-state index is 0.0715. The van der Waals surface area contributed by atoms with Gasteiger partial charge in [-0.2, -0.15) is 11.8 Å². The number of amides is 1. The van der Waals surface area contributed by atoms with Crippen LogP contribution in [0.3, 0.4) is 0 Å². The van der Waals surface area contributed by atoms with Gasteiger partial charge in [0.2, 0.25) is 5.91 Å². The average Bonchev–Trinajstić information content (AvgIpc) is 2.51. The van der Waals surface area contributed by atoms with Crippen LogP contribution in [0, 0.1) is 6.92 Å². The first-order valence-corrected chi connectivity index (χ1v) is 8.82. The Balaban J connectivity index is 1.63. The van der Waals surface area contributed by atoms with Crippen molar-refractivity contribution in [1.29, 1.82) is 0 Å². The number of aryl methyl sites for hydroxylation is 1. The van der Waals surface area contributed by atoms with Crippen LogP contribution in [0.25, 0.3) is 0 Å². The van der Waals surface area contributed by atoms with Crippen LogP contribution in [0.2, 0.25) is 5.02 Å². The van der Waals surface area contributed by atoms with Gasteiger partial charge in [0, 0.05) is 23.1 Å². The fourth-order valence-electron chi connectivity index (χ4n) is 2.01. The molecule has 4 heteroatoms. The molecule has 0 bridgehead atoms. The summed E-state index contributed by atoms with van der Waals surface area (Å²) in [6, 6.07) is 15.9. The Kier molecular flexibility index (Phi) is 6.81. The molecule has 0 unspecified atom stereocenters. The van der Waals surface area contributed by atoms with Gasteiger partial charge in [-0.3, -0.25) is 4.79 Å². The highest BCUT2D eigenvalue weighted by atomic mass is 35.5. The molecule has 0 aliphatic rings. The molecular weight excluding hydrogens is 314 g/mol. The lowest BCUT2D eigenvalue weighted by Gasteiger charge is -2.06. The van der Waals surface area contributed by atoms with Crippen LogP contribution >= 0.6 is 23.4 Å². The number of thioether (sulfide) groups is 1. The van der Waals surface area contributed by atoms with E-state index < -0.39 is 0 Å². The number of benzene rings is 2. The van der Waals surface area contributed by atoms with E-state index in [9.17, 15) is 4.79 Å². The summed E-state index contributed by atoms with van der Waals surface area (Å²) in [5.41, 5.74) is 3.40. The summed E-state index contributed by atoms with van der Waals surface area (Å²) in [7, 11) is 0. The molecule has 0 aliphatic heterocycles. The summed E-state index contributed by atoms with van der Waals surface area (Å²) < 4.78 is 0. The van der Waals surface area contributed by atoms with E-state index >= 15 is 0 Å². The molecule has 1 amide bonds. The predicted molar refractivity (Wildman–Crippen MR) is 95.5 cm³/mol. The van der Waals surface area contributed by atoms with E-state index in [1.54, 1.807) is 11.8 Å². The number of carbonyl (C=O) groups excluding carboxylic acids is 1. The molecule has 0 atom stereocenters. The SMILES string of the molecule is Cc1ccc(CC(=O)NCCSCc2ccccc2Cl)cc1. The van der Waals surface area contributed by atoms with Gasteiger partial charge in [0.15, 0.2) is 0 Å². The first kappa shape index (κ1) is 16.9. The molecule has 0 fully saturated rings. The Hall–Kier alpha value is -1.45. The standard InChI is InChI=1S/C18H20ClNOS/c1-14-6-8-15(9-7-14)12-18(21)20-10-11-22-13-16-4-2-3-5-17(16)19/h2-9H,10-13H2,1H3,(H,20,21). The molecule has 0 radical (unpaired) electrons. The monoisotopic (exact) mass is 333 g/mol. The molecule has 0 aromatic heterocycles. The fraction of sp³-hybridized carbons (Fsp3) is 0.278. The van der Waals surface area contributed by atoms with Crippen LogP contribution < -0.4 is 5.32 Å². The molecule has 0 aliphatic carbocycles. The topological polar surface area (TPSA) is 29.1 Å². The summed E-state index contributed by atoms with van der Waals surface area (Å²) in [5.74, 6) is 1.82. The van der Waals surface area contributed by atoms with E-state index in [4.69, 9.17) is 11.6 Å². The van der Waals surface area contributed by atoms with Crippen molar-refractivity contribution in [3.8, 4) is 0 Å². The maximum atomic E-state index is 11.8. The van der Waals surface area contributed by atoms with E-state index in [1.165, 1.54) is 5.56 Å². The maximum Gasteiger partial charge on any atom is 0.224 e. The highest BCUT2D eigenvalue weighted by Crippen LogP contribution is 2.20. The van der Waals surface area contributed by atoms with Crippen LogP contribution in [0.1, 0.15) is 16.7 Å². The van der Waals surface area contributed by atoms with E-state index in [-0.39, 0.29) is 5.91 Å². The minimum Gasteiger partial charge on any atom is -0.355 e. The Labute approximate surface area is 141 Å². The van der Waals surface area contributed by atoms with Crippen molar-refractivity contribution in [3.05, 3.63) is 70.2 Å². The van der Waals surface area contributed by atoms with Crippen molar-refractivity contribution in [2.75, 3.05) is 12.3 Å². The first-order chi connectivity index (χ1) is 10.6. The van der Waals surface area contributed by atoms with Gasteiger partial charge >= 0.3 is 0 Å². The van der Waals surface area contributed by atoms with Gasteiger partial charge in [-0.15, -0.1) is 0 Å². The Morgan fingerprint density at radius 3 is 2.59 bits per heavy atom. The first-order valence-electron chi connectivity index (χ1n) is 7.28. The quantitative estimate of drug-likeness (QED) is 0.768. The third kappa shape index (κ3) is 5.74. The number of carbonyl (C=O) groups is 1. The van der Waals surface area contributed by atoms with Gasteiger partial charge in [-0.1, -0.05) is 59.6 Å². The molecule has 0 saturated carbocycles. The van der Waals surface area contributed by atoms with Crippen molar-refractivity contribution in [3.63, 3.8) is 0 Å². The summed E-state index contributed by atoms with van der Waals surface area (Å²) in [6.07, 6.45) is 0.440. The maximum absolute atomic E-state index is 11.8. The van der Waals surface area contributed by atoms with Crippen molar-refractivity contribution >= 4 is 29.3 Å². The van der Waals surface area contributed by atoms with E-state index in [0.29, 0.717) is 13.0 Å². The largest absolute Gasteiger partial charge is 0.355 e. The zero-order valence-electron chi connectivity index (χ0n) is 12.6. The number of nitrogens with one attached hydrogen (secondary N) is 1. The predicted octanol–water partition coefficient (Wildman–Crippen LogP) is 4.24. The van der Waals surface area contributed by atoms with Crippen LogP contribution in [0.5, 0.6) is 0 Å². The molecule has 0 spiro atoms. The number of hydrogen-bond donors (Lipinski definition) is 1. The fourth-order valence-corrected chi connectivity index (χ4v) is 3.16. The smallest absolute Gasteiger partial charge is 0.224 e. The van der Waals surface area contributed by atoms with E-state index in [2.05, 4.69) is 5.32 Å². The van der Waals surface area contributed by atoms with Crippen molar-refractivity contribution in [1.82, 2.24) is 5.32 Å². The van der Waals surface area contributed by atoms with Gasteiger partial charge in [0.25, 0.3) is 0 Å². The lowest BCUT2D eigenvalue weighted by molar-refractivity contribution is -0.120. The van der Waals surface area contributed by atoms with Crippen molar-refractivity contribution in [2.45, 2.75) is 19.1 Å². The molecular formula is C18H20ClNOS. The van der Waals surface area contributed by atoms with Gasteiger partial charge in [-0.25, -0.2) is 0 Å². The van der Waals surface area contributed by atoms with Crippen molar-refractivity contribution in [2.24, 2.45) is 0 Å². The van der Waals surface area contributed by atoms with Gasteiger partial charge < -0.3 is 5.32 Å². The van der Waals surface area contributed by atoms with E-state index in [1.807, 2.05) is 55.5 Å². The third-order valence-electron chi connectivity index (χ3n) is 3.27. The summed E-state index contributed by atoms with van der Waals surface area (Å²) >= 11 is 7.88. The second kappa shape index (κ2) is 8.86. The van der Waals surface area contributed by atoms with Crippen LogP contribution in [0.15, 0.2) is 48.5 Å². The highest BCUT2D eigenvalue weighted by Gasteiger charge is 2.03. The summed E-state index contributed by atoms with van der Waals surface area (Å²) in [4.78, 5) is 11.8. The second-order valence-corrected chi connectivity index (χ2v) is 6.67. The zero-order valence-corrected chi connectivity index (χ0v) is 14.2. The molecule has 2 nitrogen and oxygen atoms in total. The molecule has 2 aromatic carbocycles. The number of rotatable bonds is 7.